The van der Waals surface area contributed by atoms with Crippen molar-refractivity contribution in [1.29, 1.82) is 0 Å². The van der Waals surface area contributed by atoms with E-state index in [9.17, 15) is 4.79 Å². The number of ether oxygens (including phenoxy) is 2. The molecule has 1 aliphatic rings. The van der Waals surface area contributed by atoms with E-state index in [-0.39, 0.29) is 12.5 Å². The monoisotopic (exact) mass is 326 g/mol. The Balaban J connectivity index is 1.51. The molecule has 0 aliphatic carbocycles. The number of hydrogen-bond acceptors (Lipinski definition) is 5. The summed E-state index contributed by atoms with van der Waals surface area (Å²) in [6, 6.07) is 13.3. The third-order valence-electron chi connectivity index (χ3n) is 3.58. The largest absolute Gasteiger partial charge is 0.485 e. The zero-order valence-corrected chi connectivity index (χ0v) is 13.2. The number of fused-ring (bicyclic) bond motifs is 2. The molecule has 1 N–H and O–H groups in total. The Morgan fingerprint density at radius 2 is 2.09 bits per heavy atom. The van der Waals surface area contributed by atoms with E-state index >= 15 is 0 Å². The highest BCUT2D eigenvalue weighted by atomic mass is 32.1. The minimum atomic E-state index is -0.682. The van der Waals surface area contributed by atoms with Crippen molar-refractivity contribution in [3.05, 3.63) is 48.0 Å². The maximum Gasteiger partial charge on any atom is 0.270 e. The summed E-state index contributed by atoms with van der Waals surface area (Å²) in [6.07, 6.45) is -0.682. The molecular formula is C17H14N2O3S. The molecule has 0 spiro atoms. The number of nitrogens with one attached hydrogen (secondary N) is 1. The minimum Gasteiger partial charge on any atom is -0.485 e. The molecule has 2 aromatic carbocycles. The predicted molar refractivity (Wildman–Crippen MR) is 89.3 cm³/mol. The normalized spacial score (nSPS) is 16.3. The molecule has 3 aromatic rings. The van der Waals surface area contributed by atoms with Crippen LogP contribution in [0.25, 0.3) is 10.2 Å². The van der Waals surface area contributed by atoms with Gasteiger partial charge in [0.1, 0.15) is 6.61 Å². The van der Waals surface area contributed by atoms with Gasteiger partial charge in [-0.05, 0) is 36.8 Å². The number of para-hydroxylation sites is 2. The summed E-state index contributed by atoms with van der Waals surface area (Å²) in [5.74, 6) is 0.987. The van der Waals surface area contributed by atoms with Gasteiger partial charge in [-0.25, -0.2) is 4.98 Å². The molecule has 23 heavy (non-hydrogen) atoms. The average Bonchev–Trinajstić information content (AvgIpc) is 2.95. The van der Waals surface area contributed by atoms with Gasteiger partial charge in [0, 0.05) is 0 Å². The summed E-state index contributed by atoms with van der Waals surface area (Å²) < 4.78 is 12.3. The number of carbonyl (C=O) groups is 1. The summed E-state index contributed by atoms with van der Waals surface area (Å²) in [6.45, 7) is 2.22. The first-order valence-corrected chi connectivity index (χ1v) is 8.07. The Labute approximate surface area is 136 Å². The highest BCUT2D eigenvalue weighted by molar-refractivity contribution is 7.22. The Hall–Kier alpha value is -2.60. The van der Waals surface area contributed by atoms with E-state index < -0.39 is 6.10 Å². The number of amides is 1. The van der Waals surface area contributed by atoms with E-state index in [0.29, 0.717) is 16.6 Å². The van der Waals surface area contributed by atoms with Crippen LogP contribution >= 0.6 is 11.3 Å². The smallest absolute Gasteiger partial charge is 0.270 e. The van der Waals surface area contributed by atoms with Crippen LogP contribution in [0.1, 0.15) is 5.56 Å². The van der Waals surface area contributed by atoms with Crippen LogP contribution in [0.4, 0.5) is 5.13 Å². The number of thiazole rings is 1. The predicted octanol–water partition coefficient (Wildman–Crippen LogP) is 3.38. The van der Waals surface area contributed by atoms with Crippen LogP contribution in [0.15, 0.2) is 42.5 Å². The molecule has 2 heterocycles. The van der Waals surface area contributed by atoms with Gasteiger partial charge >= 0.3 is 0 Å². The first kappa shape index (κ1) is 14.0. The topological polar surface area (TPSA) is 60.5 Å². The van der Waals surface area contributed by atoms with E-state index in [1.54, 1.807) is 6.07 Å². The molecule has 0 bridgehead atoms. The van der Waals surface area contributed by atoms with Crippen LogP contribution in [-0.4, -0.2) is 23.6 Å². The zero-order valence-electron chi connectivity index (χ0n) is 12.4. The molecular weight excluding hydrogens is 312 g/mol. The van der Waals surface area contributed by atoms with Gasteiger partial charge in [0.2, 0.25) is 6.10 Å². The van der Waals surface area contributed by atoms with E-state index in [1.807, 2.05) is 37.3 Å². The van der Waals surface area contributed by atoms with Crippen LogP contribution in [-0.2, 0) is 4.79 Å². The Morgan fingerprint density at radius 3 is 2.96 bits per heavy atom. The lowest BCUT2D eigenvalue weighted by molar-refractivity contribution is -0.125. The summed E-state index contributed by atoms with van der Waals surface area (Å²) >= 11 is 1.45. The number of aromatic nitrogens is 1. The van der Waals surface area contributed by atoms with Crippen molar-refractivity contribution < 1.29 is 14.3 Å². The van der Waals surface area contributed by atoms with Crippen molar-refractivity contribution in [2.45, 2.75) is 13.0 Å². The molecule has 1 aliphatic heterocycles. The molecule has 0 saturated heterocycles. The van der Waals surface area contributed by atoms with Crippen molar-refractivity contribution in [3.8, 4) is 11.5 Å². The van der Waals surface area contributed by atoms with Crippen LogP contribution in [0.3, 0.4) is 0 Å². The Morgan fingerprint density at radius 1 is 1.26 bits per heavy atom. The number of rotatable bonds is 2. The van der Waals surface area contributed by atoms with Crippen molar-refractivity contribution in [1.82, 2.24) is 4.98 Å². The fraction of sp³-hybridized carbons (Fsp3) is 0.176. The van der Waals surface area contributed by atoms with E-state index in [1.165, 1.54) is 16.9 Å². The fourth-order valence-electron chi connectivity index (χ4n) is 2.42. The van der Waals surface area contributed by atoms with Gasteiger partial charge in [-0.2, -0.15) is 0 Å². The van der Waals surface area contributed by atoms with Crippen molar-refractivity contribution >= 4 is 32.6 Å². The third kappa shape index (κ3) is 2.73. The number of nitrogens with zero attached hydrogens (tertiary/aromatic N) is 1. The second-order valence-electron chi connectivity index (χ2n) is 5.34. The molecule has 4 rings (SSSR count). The summed E-state index contributed by atoms with van der Waals surface area (Å²) in [7, 11) is 0. The second-order valence-corrected chi connectivity index (χ2v) is 6.37. The maximum absolute atomic E-state index is 12.4. The molecule has 0 saturated carbocycles. The van der Waals surface area contributed by atoms with Crippen LogP contribution in [0.5, 0.6) is 11.5 Å². The fourth-order valence-corrected chi connectivity index (χ4v) is 3.39. The van der Waals surface area contributed by atoms with Crippen LogP contribution in [0.2, 0.25) is 0 Å². The molecule has 6 heteroatoms. The highest BCUT2D eigenvalue weighted by Gasteiger charge is 2.27. The standard InChI is InChI=1S/C17H14N2O3S/c1-10-6-7-11-15(8-10)23-17(18-11)19-16(20)14-9-21-12-4-2-3-5-13(12)22-14/h2-8,14H,9H2,1H3,(H,18,19,20)/t14-/m1/s1. The SMILES string of the molecule is Cc1ccc2nc(NC(=O)[C@H]3COc4ccccc4O3)sc2c1. The van der Waals surface area contributed by atoms with Gasteiger partial charge in [-0.1, -0.05) is 29.5 Å². The van der Waals surface area contributed by atoms with E-state index in [0.717, 1.165) is 10.2 Å². The molecule has 116 valence electrons. The quantitative estimate of drug-likeness (QED) is 0.784. The van der Waals surface area contributed by atoms with Gasteiger partial charge in [0.05, 0.1) is 10.2 Å². The van der Waals surface area contributed by atoms with Crippen molar-refractivity contribution in [2.75, 3.05) is 11.9 Å². The molecule has 5 nitrogen and oxygen atoms in total. The van der Waals surface area contributed by atoms with Crippen LogP contribution < -0.4 is 14.8 Å². The molecule has 1 atom stereocenters. The molecule has 0 unspecified atom stereocenters. The van der Waals surface area contributed by atoms with Crippen LogP contribution in [0, 0.1) is 6.92 Å². The van der Waals surface area contributed by atoms with Gasteiger partial charge in [0.15, 0.2) is 16.6 Å². The molecule has 0 radical (unpaired) electrons. The van der Waals surface area contributed by atoms with Gasteiger partial charge < -0.3 is 9.47 Å². The van der Waals surface area contributed by atoms with E-state index in [2.05, 4.69) is 16.4 Å². The Bertz CT molecular complexity index is 890. The van der Waals surface area contributed by atoms with Crippen molar-refractivity contribution in [3.63, 3.8) is 0 Å². The lowest BCUT2D eigenvalue weighted by Crippen LogP contribution is -2.40. The van der Waals surface area contributed by atoms with Gasteiger partial charge in [-0.3, -0.25) is 10.1 Å². The third-order valence-corrected chi connectivity index (χ3v) is 4.51. The number of aryl methyl sites for hydroxylation is 1. The summed E-state index contributed by atoms with van der Waals surface area (Å²) in [5.41, 5.74) is 2.04. The number of hydrogen-bond donors (Lipinski definition) is 1. The zero-order chi connectivity index (χ0) is 15.8. The summed E-state index contributed by atoms with van der Waals surface area (Å²) in [4.78, 5) is 16.8. The Kier molecular flexibility index (Phi) is 3.38. The van der Waals surface area contributed by atoms with Gasteiger partial charge in [-0.15, -0.1) is 0 Å². The average molecular weight is 326 g/mol. The summed E-state index contributed by atoms with van der Waals surface area (Å²) in [5, 5.41) is 3.38. The van der Waals surface area contributed by atoms with Gasteiger partial charge in [0.25, 0.3) is 5.91 Å². The molecule has 0 fully saturated rings. The second kappa shape index (κ2) is 5.55. The molecule has 1 amide bonds. The minimum absolute atomic E-state index is 0.187. The number of benzene rings is 2. The van der Waals surface area contributed by atoms with E-state index in [4.69, 9.17) is 9.47 Å². The number of anilines is 1. The lowest BCUT2D eigenvalue weighted by Gasteiger charge is -2.25. The number of carbonyl (C=O) groups excluding carboxylic acids is 1. The molecule has 1 aromatic heterocycles. The van der Waals surface area contributed by atoms with Crippen molar-refractivity contribution in [2.24, 2.45) is 0 Å². The highest BCUT2D eigenvalue weighted by Crippen LogP contribution is 2.32. The lowest BCUT2D eigenvalue weighted by atomic mass is 10.2. The first-order chi connectivity index (χ1) is 11.2. The first-order valence-electron chi connectivity index (χ1n) is 7.25. The maximum atomic E-state index is 12.4.